The first-order valence-corrected chi connectivity index (χ1v) is 6.70. The van der Waals surface area contributed by atoms with Gasteiger partial charge in [-0.3, -0.25) is 9.59 Å². The Balaban J connectivity index is 1.72. The summed E-state index contributed by atoms with van der Waals surface area (Å²) in [5.74, 6) is -0.725. The molecule has 2 rings (SSSR count). The third-order valence-corrected chi connectivity index (χ3v) is 2.67. The minimum absolute atomic E-state index is 0.121. The van der Waals surface area contributed by atoms with E-state index in [2.05, 4.69) is 0 Å². The lowest BCUT2D eigenvalue weighted by atomic mass is 10.4. The summed E-state index contributed by atoms with van der Waals surface area (Å²) >= 11 is 0. The number of esters is 2. The first-order valence-electron chi connectivity index (χ1n) is 6.70. The summed E-state index contributed by atoms with van der Waals surface area (Å²) in [6.45, 7) is -0.347. The van der Waals surface area contributed by atoms with Crippen LogP contribution in [0.15, 0.2) is 45.3 Å². The Morgan fingerprint density at radius 1 is 0.792 bits per heavy atom. The van der Waals surface area contributed by atoms with Crippen LogP contribution in [0, 0.1) is 0 Å². The minimum Gasteiger partial charge on any atom is -0.455 e. The van der Waals surface area contributed by atoms with Crippen molar-refractivity contribution < 1.29 is 37.5 Å². The number of carbonyl (C=O) groups excluding carboxylic acids is 4. The van der Waals surface area contributed by atoms with Crippen LogP contribution in [0.25, 0.3) is 0 Å². The number of aldehydes is 2. The van der Waals surface area contributed by atoms with Gasteiger partial charge < -0.3 is 18.3 Å². The van der Waals surface area contributed by atoms with Gasteiger partial charge in [-0.25, -0.2) is 9.59 Å². The molecule has 0 atom stereocenters. The van der Waals surface area contributed by atoms with E-state index in [-0.39, 0.29) is 24.7 Å². The van der Waals surface area contributed by atoms with Gasteiger partial charge in [-0.2, -0.15) is 0 Å². The highest BCUT2D eigenvalue weighted by molar-refractivity contribution is 5.91. The van der Waals surface area contributed by atoms with Gasteiger partial charge in [0, 0.05) is 12.2 Å². The SMILES string of the molecule is O=Cc1ccc(COC(=O)/C=C\C(=O)OCc2ccc(C=O)o2)o1. The maximum Gasteiger partial charge on any atom is 0.331 e. The smallest absolute Gasteiger partial charge is 0.331 e. The van der Waals surface area contributed by atoms with Gasteiger partial charge in [-0.05, 0) is 24.3 Å². The van der Waals surface area contributed by atoms with Gasteiger partial charge in [-0.15, -0.1) is 0 Å². The van der Waals surface area contributed by atoms with E-state index in [0.717, 1.165) is 12.2 Å². The molecule has 0 radical (unpaired) electrons. The molecule has 0 saturated heterocycles. The molecule has 0 saturated carbocycles. The van der Waals surface area contributed by atoms with Crippen molar-refractivity contribution in [3.8, 4) is 0 Å². The van der Waals surface area contributed by atoms with Gasteiger partial charge >= 0.3 is 11.9 Å². The summed E-state index contributed by atoms with van der Waals surface area (Å²) in [7, 11) is 0. The first kappa shape index (κ1) is 16.9. The van der Waals surface area contributed by atoms with Crippen molar-refractivity contribution in [2.24, 2.45) is 0 Å². The normalized spacial score (nSPS) is 10.5. The zero-order valence-electron chi connectivity index (χ0n) is 12.3. The lowest BCUT2D eigenvalue weighted by molar-refractivity contribution is -0.142. The molecule has 0 bridgehead atoms. The zero-order valence-corrected chi connectivity index (χ0v) is 12.3. The number of carbonyl (C=O) groups is 4. The van der Waals surface area contributed by atoms with E-state index >= 15 is 0 Å². The van der Waals surface area contributed by atoms with Crippen molar-refractivity contribution in [3.05, 3.63) is 59.5 Å². The molecule has 0 fully saturated rings. The van der Waals surface area contributed by atoms with Crippen LogP contribution >= 0.6 is 0 Å². The summed E-state index contributed by atoms with van der Waals surface area (Å²) in [5, 5.41) is 0. The number of rotatable bonds is 8. The third-order valence-electron chi connectivity index (χ3n) is 2.67. The van der Waals surface area contributed by atoms with E-state index in [9.17, 15) is 19.2 Å². The van der Waals surface area contributed by atoms with E-state index in [1.807, 2.05) is 0 Å². The number of hydrogen-bond acceptors (Lipinski definition) is 8. The maximum absolute atomic E-state index is 11.4. The predicted octanol–water partition coefficient (Wildman–Crippen LogP) is 1.84. The van der Waals surface area contributed by atoms with Gasteiger partial charge in [0.05, 0.1) is 0 Å². The second-order valence-electron chi connectivity index (χ2n) is 4.39. The minimum atomic E-state index is -0.780. The van der Waals surface area contributed by atoms with Crippen molar-refractivity contribution in [1.29, 1.82) is 0 Å². The highest BCUT2D eigenvalue weighted by atomic mass is 16.5. The van der Waals surface area contributed by atoms with Crippen molar-refractivity contribution >= 4 is 24.5 Å². The van der Waals surface area contributed by atoms with E-state index in [1.54, 1.807) is 0 Å². The van der Waals surface area contributed by atoms with Gasteiger partial charge in [0.15, 0.2) is 24.1 Å². The molecular formula is C16H12O8. The molecule has 0 amide bonds. The van der Waals surface area contributed by atoms with E-state index < -0.39 is 11.9 Å². The third kappa shape index (κ3) is 5.09. The Bertz CT molecular complexity index is 700. The maximum atomic E-state index is 11.4. The van der Waals surface area contributed by atoms with Crippen LogP contribution in [-0.2, 0) is 32.3 Å². The Morgan fingerprint density at radius 2 is 1.21 bits per heavy atom. The molecule has 24 heavy (non-hydrogen) atoms. The second-order valence-corrected chi connectivity index (χ2v) is 4.39. The average Bonchev–Trinajstić information content (AvgIpc) is 3.24. The molecule has 8 heteroatoms. The molecule has 0 aromatic carbocycles. The quantitative estimate of drug-likeness (QED) is 0.409. The number of ether oxygens (including phenoxy) is 2. The lowest BCUT2D eigenvalue weighted by Crippen LogP contribution is -2.04. The van der Waals surface area contributed by atoms with Crippen LogP contribution in [0.2, 0.25) is 0 Å². The predicted molar refractivity (Wildman–Crippen MR) is 76.9 cm³/mol. The Labute approximate surface area is 135 Å². The van der Waals surface area contributed by atoms with Gasteiger partial charge in [-0.1, -0.05) is 0 Å². The summed E-state index contributed by atoms with van der Waals surface area (Å²) in [6.07, 6.45) is 2.84. The zero-order chi connectivity index (χ0) is 17.4. The molecule has 8 nitrogen and oxygen atoms in total. The fourth-order valence-electron chi connectivity index (χ4n) is 1.59. The van der Waals surface area contributed by atoms with Crippen molar-refractivity contribution in [2.45, 2.75) is 13.2 Å². The number of hydrogen-bond donors (Lipinski definition) is 0. The second kappa shape index (κ2) is 8.28. The Kier molecular flexibility index (Phi) is 5.84. The monoisotopic (exact) mass is 332 g/mol. The molecule has 2 heterocycles. The summed E-state index contributed by atoms with van der Waals surface area (Å²) in [6, 6.07) is 5.86. The first-order chi connectivity index (χ1) is 11.6. The molecule has 124 valence electrons. The van der Waals surface area contributed by atoms with E-state index in [1.165, 1.54) is 24.3 Å². The van der Waals surface area contributed by atoms with Crippen LogP contribution in [-0.4, -0.2) is 24.5 Å². The summed E-state index contributed by atoms with van der Waals surface area (Å²) in [5.41, 5.74) is 0. The molecular weight excluding hydrogens is 320 g/mol. The fraction of sp³-hybridized carbons (Fsp3) is 0.125. The molecule has 0 aliphatic carbocycles. The highest BCUT2D eigenvalue weighted by Crippen LogP contribution is 2.08. The van der Waals surface area contributed by atoms with E-state index in [4.69, 9.17) is 18.3 Å². The Morgan fingerprint density at radius 3 is 1.54 bits per heavy atom. The van der Waals surface area contributed by atoms with Crippen LogP contribution in [0.4, 0.5) is 0 Å². The van der Waals surface area contributed by atoms with Crippen LogP contribution in [0.5, 0.6) is 0 Å². The number of furan rings is 2. The van der Waals surface area contributed by atoms with Crippen molar-refractivity contribution in [3.63, 3.8) is 0 Å². The summed E-state index contributed by atoms with van der Waals surface area (Å²) < 4.78 is 19.7. The van der Waals surface area contributed by atoms with Crippen LogP contribution < -0.4 is 0 Å². The van der Waals surface area contributed by atoms with Crippen molar-refractivity contribution in [1.82, 2.24) is 0 Å². The standard InChI is InChI=1S/C16H12O8/c17-7-11-1-3-13(23-11)9-21-15(19)5-6-16(20)22-10-14-4-2-12(8-18)24-14/h1-8H,9-10H2/b6-5-. The summed E-state index contributed by atoms with van der Waals surface area (Å²) in [4.78, 5) is 43.7. The molecule has 0 aliphatic heterocycles. The lowest BCUT2D eigenvalue weighted by Gasteiger charge is -1.99. The van der Waals surface area contributed by atoms with Gasteiger partial charge in [0.1, 0.15) is 24.7 Å². The fourth-order valence-corrected chi connectivity index (χ4v) is 1.59. The topological polar surface area (TPSA) is 113 Å². The largest absolute Gasteiger partial charge is 0.455 e. The molecule has 2 aromatic rings. The highest BCUT2D eigenvalue weighted by Gasteiger charge is 2.06. The average molecular weight is 332 g/mol. The molecule has 0 spiro atoms. The van der Waals surface area contributed by atoms with Crippen molar-refractivity contribution in [2.75, 3.05) is 0 Å². The Hall–Kier alpha value is -3.42. The van der Waals surface area contributed by atoms with Crippen LogP contribution in [0.3, 0.4) is 0 Å². The van der Waals surface area contributed by atoms with Crippen LogP contribution in [0.1, 0.15) is 32.6 Å². The van der Waals surface area contributed by atoms with Gasteiger partial charge in [0.2, 0.25) is 0 Å². The molecule has 0 aliphatic rings. The molecule has 0 N–H and O–H groups in total. The molecule has 2 aromatic heterocycles. The van der Waals surface area contributed by atoms with Gasteiger partial charge in [0.25, 0.3) is 0 Å². The molecule has 0 unspecified atom stereocenters. The van der Waals surface area contributed by atoms with E-state index in [0.29, 0.717) is 24.1 Å².